The molecule has 1 aliphatic carbocycles. The molecule has 1 N–H and O–H groups in total. The molecule has 0 spiro atoms. The van der Waals surface area contributed by atoms with E-state index in [2.05, 4.69) is 72.2 Å². The highest BCUT2D eigenvalue weighted by Gasteiger charge is 2.26. The van der Waals surface area contributed by atoms with E-state index in [0.29, 0.717) is 0 Å². The van der Waals surface area contributed by atoms with Crippen LogP contribution in [-0.4, -0.2) is 13.6 Å². The fourth-order valence-electron chi connectivity index (χ4n) is 3.21. The van der Waals surface area contributed by atoms with Crippen molar-refractivity contribution in [1.29, 1.82) is 0 Å². The zero-order chi connectivity index (χ0) is 16.1. The van der Waals surface area contributed by atoms with E-state index in [9.17, 15) is 0 Å². The zero-order valence-electron chi connectivity index (χ0n) is 14.1. The maximum Gasteiger partial charge on any atom is 0.0606 e. The van der Waals surface area contributed by atoms with Crippen molar-refractivity contribution < 1.29 is 0 Å². The van der Waals surface area contributed by atoms with E-state index in [4.69, 9.17) is 0 Å². The fraction of sp³-hybridized carbons (Fsp3) is 0.400. The minimum Gasteiger partial charge on any atom is -0.315 e. The molecule has 23 heavy (non-hydrogen) atoms. The van der Waals surface area contributed by atoms with Crippen LogP contribution in [0.2, 0.25) is 0 Å². The molecule has 122 valence electrons. The van der Waals surface area contributed by atoms with E-state index in [-0.39, 0.29) is 6.04 Å². The van der Waals surface area contributed by atoms with Crippen molar-refractivity contribution in [1.82, 2.24) is 5.32 Å². The molecule has 0 radical (unpaired) electrons. The number of nitrogens with zero attached hydrogens (tertiary/aromatic N) is 1. The third-order valence-electron chi connectivity index (χ3n) is 4.42. The van der Waals surface area contributed by atoms with Gasteiger partial charge in [0, 0.05) is 12.0 Å². The largest absolute Gasteiger partial charge is 0.315 e. The molecule has 3 rings (SSSR count). The Morgan fingerprint density at radius 2 is 2.09 bits per heavy atom. The maximum absolute atomic E-state index is 3.82. The summed E-state index contributed by atoms with van der Waals surface area (Å²) in [6, 6.07) is 9.08. The molecular weight excluding hydrogens is 300 g/mol. The van der Waals surface area contributed by atoms with Crippen molar-refractivity contribution in [2.75, 3.05) is 17.9 Å². The second-order valence-corrected chi connectivity index (χ2v) is 7.33. The summed E-state index contributed by atoms with van der Waals surface area (Å²) in [5.74, 6) is 0. The van der Waals surface area contributed by atoms with Gasteiger partial charge in [-0.15, -0.1) is 0 Å². The molecule has 1 atom stereocenters. The molecule has 3 heteroatoms. The molecule has 0 amide bonds. The normalized spacial score (nSPS) is 20.1. The molecule has 0 aromatic heterocycles. The van der Waals surface area contributed by atoms with E-state index in [0.717, 1.165) is 13.0 Å². The molecule has 2 aliphatic rings. The lowest BCUT2D eigenvalue weighted by molar-refractivity contribution is 0.564. The Hall–Kier alpha value is -1.45. The van der Waals surface area contributed by atoms with E-state index < -0.39 is 0 Å². The topological polar surface area (TPSA) is 15.3 Å². The lowest BCUT2D eigenvalue weighted by Crippen LogP contribution is -2.24. The van der Waals surface area contributed by atoms with Crippen LogP contribution in [0, 0.1) is 0 Å². The van der Waals surface area contributed by atoms with Gasteiger partial charge in [0.15, 0.2) is 0 Å². The Kier molecular flexibility index (Phi) is 5.63. The van der Waals surface area contributed by atoms with Crippen molar-refractivity contribution in [3.05, 3.63) is 64.6 Å². The van der Waals surface area contributed by atoms with Crippen molar-refractivity contribution in [2.24, 2.45) is 0 Å². The lowest BCUT2D eigenvalue weighted by Gasteiger charge is -2.23. The van der Waals surface area contributed by atoms with Crippen LogP contribution in [0.4, 0.5) is 5.69 Å². The molecule has 0 saturated carbocycles. The predicted molar refractivity (Wildman–Crippen MR) is 103 cm³/mol. The molecule has 1 unspecified atom stereocenters. The summed E-state index contributed by atoms with van der Waals surface area (Å²) >= 11 is 1.87. The number of allylic oxidation sites excluding steroid dienone is 4. The lowest BCUT2D eigenvalue weighted by atomic mass is 9.95. The highest BCUT2D eigenvalue weighted by atomic mass is 32.2. The van der Waals surface area contributed by atoms with Gasteiger partial charge in [0.25, 0.3) is 0 Å². The van der Waals surface area contributed by atoms with Gasteiger partial charge < -0.3 is 9.62 Å². The second kappa shape index (κ2) is 7.89. The molecule has 0 fully saturated rings. The van der Waals surface area contributed by atoms with Crippen LogP contribution in [0.25, 0.3) is 0 Å². The Morgan fingerprint density at radius 3 is 2.96 bits per heavy atom. The number of fused-ring (bicyclic) bond motifs is 1. The molecule has 1 heterocycles. The third kappa shape index (κ3) is 3.73. The predicted octanol–water partition coefficient (Wildman–Crippen LogP) is 5.38. The van der Waals surface area contributed by atoms with Gasteiger partial charge >= 0.3 is 0 Å². The number of rotatable bonds is 5. The van der Waals surface area contributed by atoms with Crippen LogP contribution in [0.1, 0.15) is 44.2 Å². The first-order valence-electron chi connectivity index (χ1n) is 8.61. The molecule has 2 nitrogen and oxygen atoms in total. The molecular formula is C20H26N2S. The van der Waals surface area contributed by atoms with Gasteiger partial charge in [-0.05, 0) is 48.5 Å². The van der Waals surface area contributed by atoms with Crippen LogP contribution >= 0.6 is 11.9 Å². The fourth-order valence-corrected chi connectivity index (χ4v) is 4.27. The Labute approximate surface area is 144 Å². The van der Waals surface area contributed by atoms with E-state index in [1.54, 1.807) is 0 Å². The maximum atomic E-state index is 3.82. The highest BCUT2D eigenvalue weighted by Crippen LogP contribution is 2.44. The van der Waals surface area contributed by atoms with Crippen LogP contribution in [0.3, 0.4) is 0 Å². The average Bonchev–Trinajstić information content (AvgIpc) is 2.85. The van der Waals surface area contributed by atoms with Gasteiger partial charge in [-0.3, -0.25) is 0 Å². The standard InChI is InChI=1S/C20H26N2S/c1-3-4-10-15-21-20-16-11-8-9-13-18(16)22(2)23-19-14-7-5-6-12-17(19)20/h5-9,11-13,20-21H,3-4,10,14-15H2,1-2H3. The SMILES string of the molecule is CCCCCNC1C2=C(CC=CC=C2)SN(C)c2ccccc21. The Bertz CT molecular complexity index is 630. The number of nitrogens with one attached hydrogen (secondary N) is 1. The van der Waals surface area contributed by atoms with Crippen molar-refractivity contribution in [3.8, 4) is 0 Å². The number of benzene rings is 1. The first kappa shape index (κ1) is 16.4. The minimum absolute atomic E-state index is 0.284. The average molecular weight is 327 g/mol. The first-order chi connectivity index (χ1) is 11.3. The summed E-state index contributed by atoms with van der Waals surface area (Å²) in [6.07, 6.45) is 13.7. The monoisotopic (exact) mass is 326 g/mol. The summed E-state index contributed by atoms with van der Waals surface area (Å²) in [7, 11) is 2.17. The van der Waals surface area contributed by atoms with Crippen LogP contribution in [0.15, 0.2) is 59.0 Å². The number of para-hydroxylation sites is 1. The van der Waals surface area contributed by atoms with Crippen LogP contribution in [0.5, 0.6) is 0 Å². The van der Waals surface area contributed by atoms with Crippen molar-refractivity contribution in [3.63, 3.8) is 0 Å². The Balaban J connectivity index is 1.95. The molecule has 0 saturated heterocycles. The summed E-state index contributed by atoms with van der Waals surface area (Å²) in [5.41, 5.74) is 4.12. The number of anilines is 1. The molecule has 1 aromatic rings. The number of hydrogen-bond acceptors (Lipinski definition) is 3. The minimum atomic E-state index is 0.284. The summed E-state index contributed by atoms with van der Waals surface area (Å²) in [5, 5.41) is 3.82. The summed E-state index contributed by atoms with van der Waals surface area (Å²) < 4.78 is 2.31. The van der Waals surface area contributed by atoms with Gasteiger partial charge in [-0.2, -0.15) is 0 Å². The summed E-state index contributed by atoms with van der Waals surface area (Å²) in [6.45, 7) is 3.33. The van der Waals surface area contributed by atoms with Crippen LogP contribution < -0.4 is 9.62 Å². The van der Waals surface area contributed by atoms with E-state index in [1.165, 1.54) is 41.0 Å². The molecule has 0 bridgehead atoms. The van der Waals surface area contributed by atoms with Crippen molar-refractivity contribution in [2.45, 2.75) is 38.6 Å². The third-order valence-corrected chi connectivity index (χ3v) is 5.52. The quantitative estimate of drug-likeness (QED) is 0.578. The number of unbranched alkanes of at least 4 members (excludes halogenated alkanes) is 2. The zero-order valence-corrected chi connectivity index (χ0v) is 14.9. The van der Waals surface area contributed by atoms with Gasteiger partial charge in [-0.25, -0.2) is 0 Å². The first-order valence-corrected chi connectivity index (χ1v) is 9.39. The van der Waals surface area contributed by atoms with Gasteiger partial charge in [0.1, 0.15) is 0 Å². The molecule has 1 aliphatic heterocycles. The van der Waals surface area contributed by atoms with E-state index in [1.807, 2.05) is 11.9 Å². The molecule has 1 aromatic carbocycles. The van der Waals surface area contributed by atoms with Gasteiger partial charge in [0.05, 0.1) is 11.7 Å². The van der Waals surface area contributed by atoms with Crippen LogP contribution in [-0.2, 0) is 0 Å². The summed E-state index contributed by atoms with van der Waals surface area (Å²) in [4.78, 5) is 1.45. The number of hydrogen-bond donors (Lipinski definition) is 1. The second-order valence-electron chi connectivity index (χ2n) is 6.11. The smallest absolute Gasteiger partial charge is 0.0606 e. The van der Waals surface area contributed by atoms with Gasteiger partial charge in [-0.1, -0.05) is 62.3 Å². The Morgan fingerprint density at radius 1 is 1.22 bits per heavy atom. The van der Waals surface area contributed by atoms with Gasteiger partial charge in [0.2, 0.25) is 0 Å². The van der Waals surface area contributed by atoms with Crippen molar-refractivity contribution >= 4 is 17.6 Å². The highest BCUT2D eigenvalue weighted by molar-refractivity contribution is 8.04. The van der Waals surface area contributed by atoms with E-state index >= 15 is 0 Å².